The molecule has 0 bridgehead atoms. The Morgan fingerprint density at radius 3 is 2.60 bits per heavy atom. The molecule has 7 heteroatoms. The lowest BCUT2D eigenvalue weighted by atomic mass is 10.2. The van der Waals surface area contributed by atoms with Gasteiger partial charge in [0.05, 0.1) is 19.5 Å². The summed E-state index contributed by atoms with van der Waals surface area (Å²) in [7, 11) is -1.97. The fraction of sp³-hybridized carbons (Fsp3) is 0.308. The monoisotopic (exact) mass is 296 g/mol. The average Bonchev–Trinajstić information content (AvgIpc) is 2.88. The van der Waals surface area contributed by atoms with Crippen molar-refractivity contribution in [2.75, 3.05) is 19.5 Å². The molecule has 0 aliphatic carbocycles. The van der Waals surface area contributed by atoms with Gasteiger partial charge in [-0.2, -0.15) is 0 Å². The Bertz CT molecular complexity index is 662. The van der Waals surface area contributed by atoms with E-state index in [9.17, 15) is 8.42 Å². The third-order valence-corrected chi connectivity index (χ3v) is 4.44. The van der Waals surface area contributed by atoms with Gasteiger partial charge in [0.1, 0.15) is 5.75 Å². The SMILES string of the molecule is COc1ccc(Cn2ccnc2S(=O)(=O)CCO)cc1. The average molecular weight is 296 g/mol. The molecule has 1 aromatic carbocycles. The van der Waals surface area contributed by atoms with Gasteiger partial charge in [0, 0.05) is 18.9 Å². The van der Waals surface area contributed by atoms with Crippen molar-refractivity contribution in [3.8, 4) is 5.75 Å². The largest absolute Gasteiger partial charge is 0.497 e. The molecular weight excluding hydrogens is 280 g/mol. The molecule has 20 heavy (non-hydrogen) atoms. The number of hydrogen-bond donors (Lipinski definition) is 1. The van der Waals surface area contributed by atoms with Crippen LogP contribution in [0.4, 0.5) is 0 Å². The number of rotatable bonds is 6. The minimum atomic E-state index is -3.55. The van der Waals surface area contributed by atoms with Gasteiger partial charge < -0.3 is 14.4 Å². The van der Waals surface area contributed by atoms with Crippen molar-refractivity contribution < 1.29 is 18.3 Å². The number of aliphatic hydroxyl groups is 1. The maximum atomic E-state index is 11.9. The molecule has 0 aliphatic heterocycles. The van der Waals surface area contributed by atoms with E-state index in [-0.39, 0.29) is 10.9 Å². The van der Waals surface area contributed by atoms with Gasteiger partial charge in [0.2, 0.25) is 15.0 Å². The molecule has 0 spiro atoms. The Labute approximate surface area is 117 Å². The van der Waals surface area contributed by atoms with Crippen LogP contribution in [0.25, 0.3) is 0 Å². The molecular formula is C13H16N2O4S. The fourth-order valence-electron chi connectivity index (χ4n) is 1.83. The van der Waals surface area contributed by atoms with Crippen LogP contribution >= 0.6 is 0 Å². The summed E-state index contributed by atoms with van der Waals surface area (Å²) >= 11 is 0. The Kier molecular flexibility index (Phi) is 4.41. The van der Waals surface area contributed by atoms with Gasteiger partial charge in [-0.15, -0.1) is 0 Å². The molecule has 0 fully saturated rings. The highest BCUT2D eigenvalue weighted by molar-refractivity contribution is 7.91. The summed E-state index contributed by atoms with van der Waals surface area (Å²) in [5.74, 6) is 0.416. The topological polar surface area (TPSA) is 81.4 Å². The van der Waals surface area contributed by atoms with E-state index in [4.69, 9.17) is 9.84 Å². The maximum absolute atomic E-state index is 11.9. The zero-order valence-electron chi connectivity index (χ0n) is 11.1. The molecule has 1 aromatic heterocycles. The number of imidazole rings is 1. The van der Waals surface area contributed by atoms with Crippen LogP contribution in [-0.2, 0) is 16.4 Å². The van der Waals surface area contributed by atoms with E-state index < -0.39 is 16.4 Å². The van der Waals surface area contributed by atoms with Crippen molar-refractivity contribution in [3.05, 3.63) is 42.2 Å². The molecule has 1 N–H and O–H groups in total. The van der Waals surface area contributed by atoms with Crippen LogP contribution < -0.4 is 4.74 Å². The smallest absolute Gasteiger partial charge is 0.228 e. The standard InChI is InChI=1S/C13H16N2O4S/c1-19-12-4-2-11(3-5-12)10-15-7-6-14-13(15)20(17,18)9-8-16/h2-7,16H,8-10H2,1H3. The number of sulfone groups is 1. The van der Waals surface area contributed by atoms with Crippen LogP contribution in [0, 0.1) is 0 Å². The Morgan fingerprint density at radius 2 is 2.00 bits per heavy atom. The lowest BCUT2D eigenvalue weighted by Gasteiger charge is -2.08. The molecule has 0 saturated heterocycles. The van der Waals surface area contributed by atoms with Crippen molar-refractivity contribution in [1.82, 2.24) is 9.55 Å². The Balaban J connectivity index is 2.24. The minimum Gasteiger partial charge on any atom is -0.497 e. The fourth-order valence-corrected chi connectivity index (χ4v) is 2.96. The molecule has 0 saturated carbocycles. The molecule has 1 heterocycles. The summed E-state index contributed by atoms with van der Waals surface area (Å²) in [4.78, 5) is 3.88. The van der Waals surface area contributed by atoms with Crippen LogP contribution in [0.5, 0.6) is 5.75 Å². The Hall–Kier alpha value is -1.86. The van der Waals surface area contributed by atoms with E-state index in [1.54, 1.807) is 17.9 Å². The molecule has 2 rings (SSSR count). The van der Waals surface area contributed by atoms with Gasteiger partial charge in [0.25, 0.3) is 0 Å². The number of aliphatic hydroxyl groups excluding tert-OH is 1. The summed E-state index contributed by atoms with van der Waals surface area (Å²) < 4.78 is 30.5. The summed E-state index contributed by atoms with van der Waals surface area (Å²) in [5, 5.41) is 8.78. The first-order valence-corrected chi connectivity index (χ1v) is 7.70. The highest BCUT2D eigenvalue weighted by Crippen LogP contribution is 2.15. The van der Waals surface area contributed by atoms with E-state index >= 15 is 0 Å². The predicted molar refractivity (Wildman–Crippen MR) is 73.5 cm³/mol. The first-order chi connectivity index (χ1) is 9.56. The van der Waals surface area contributed by atoms with E-state index in [0.29, 0.717) is 6.54 Å². The number of hydrogen-bond acceptors (Lipinski definition) is 5. The van der Waals surface area contributed by atoms with Crippen molar-refractivity contribution in [2.24, 2.45) is 0 Å². The first kappa shape index (κ1) is 14.5. The third-order valence-electron chi connectivity index (χ3n) is 2.83. The van der Waals surface area contributed by atoms with E-state index in [2.05, 4.69) is 4.98 Å². The molecule has 0 aliphatic rings. The first-order valence-electron chi connectivity index (χ1n) is 6.04. The number of ether oxygens (including phenoxy) is 1. The summed E-state index contributed by atoms with van der Waals surface area (Å²) in [6.07, 6.45) is 3.04. The van der Waals surface area contributed by atoms with Crippen LogP contribution in [0.15, 0.2) is 41.8 Å². The third kappa shape index (κ3) is 3.17. The quantitative estimate of drug-likeness (QED) is 0.849. The summed E-state index contributed by atoms with van der Waals surface area (Å²) in [6, 6.07) is 7.35. The molecule has 0 amide bonds. The van der Waals surface area contributed by atoms with Crippen molar-refractivity contribution in [2.45, 2.75) is 11.7 Å². The van der Waals surface area contributed by atoms with Crippen LogP contribution in [-0.4, -0.2) is 42.5 Å². The minimum absolute atomic E-state index is 0.0256. The van der Waals surface area contributed by atoms with Crippen LogP contribution in [0.1, 0.15) is 5.56 Å². The van der Waals surface area contributed by atoms with Gasteiger partial charge in [-0.25, -0.2) is 13.4 Å². The van der Waals surface area contributed by atoms with Crippen molar-refractivity contribution in [1.29, 1.82) is 0 Å². The molecule has 108 valence electrons. The predicted octanol–water partition coefficient (Wildman–Crippen LogP) is 0.706. The second-order valence-corrected chi connectivity index (χ2v) is 6.23. The molecule has 6 nitrogen and oxygen atoms in total. The van der Waals surface area contributed by atoms with E-state index in [1.165, 1.54) is 6.20 Å². The highest BCUT2D eigenvalue weighted by atomic mass is 32.2. The lowest BCUT2D eigenvalue weighted by molar-refractivity contribution is 0.319. The number of benzene rings is 1. The van der Waals surface area contributed by atoms with Gasteiger partial charge in [-0.3, -0.25) is 0 Å². The van der Waals surface area contributed by atoms with Gasteiger partial charge in [0.15, 0.2) is 0 Å². The van der Waals surface area contributed by atoms with Gasteiger partial charge >= 0.3 is 0 Å². The zero-order chi connectivity index (χ0) is 14.6. The molecule has 0 unspecified atom stereocenters. The van der Waals surface area contributed by atoms with Gasteiger partial charge in [-0.1, -0.05) is 12.1 Å². The molecule has 0 atom stereocenters. The van der Waals surface area contributed by atoms with Crippen LogP contribution in [0.3, 0.4) is 0 Å². The second kappa shape index (κ2) is 6.06. The van der Waals surface area contributed by atoms with E-state index in [1.807, 2.05) is 24.3 Å². The number of nitrogens with zero attached hydrogens (tertiary/aromatic N) is 2. The van der Waals surface area contributed by atoms with Crippen LogP contribution in [0.2, 0.25) is 0 Å². The number of methoxy groups -OCH3 is 1. The maximum Gasteiger partial charge on any atom is 0.228 e. The second-order valence-electron chi connectivity index (χ2n) is 4.23. The molecule has 0 radical (unpaired) electrons. The van der Waals surface area contributed by atoms with E-state index in [0.717, 1.165) is 11.3 Å². The molecule has 2 aromatic rings. The number of aromatic nitrogens is 2. The Morgan fingerprint density at radius 1 is 1.30 bits per heavy atom. The lowest BCUT2D eigenvalue weighted by Crippen LogP contribution is -2.16. The summed E-state index contributed by atoms with van der Waals surface area (Å²) in [5.41, 5.74) is 0.934. The zero-order valence-corrected chi connectivity index (χ0v) is 11.9. The van der Waals surface area contributed by atoms with Crippen molar-refractivity contribution >= 4 is 9.84 Å². The van der Waals surface area contributed by atoms with Gasteiger partial charge in [-0.05, 0) is 17.7 Å². The summed E-state index contributed by atoms with van der Waals surface area (Å²) in [6.45, 7) is -0.0261. The highest BCUT2D eigenvalue weighted by Gasteiger charge is 2.19. The normalized spacial score (nSPS) is 11.5. The van der Waals surface area contributed by atoms with Crippen molar-refractivity contribution in [3.63, 3.8) is 0 Å².